The topological polar surface area (TPSA) is 84.9 Å². The van der Waals surface area contributed by atoms with Gasteiger partial charge in [-0.15, -0.1) is 0 Å². The third-order valence-electron chi connectivity index (χ3n) is 3.71. The number of rotatable bonds is 7. The largest absolute Gasteiger partial charge is 0.493 e. The lowest BCUT2D eigenvalue weighted by Crippen LogP contribution is -2.35. The fourth-order valence-electron chi connectivity index (χ4n) is 2.25. The smallest absolute Gasteiger partial charge is 0.243 e. The molecular weight excluding hydrogens is 451 g/mol. The Bertz CT molecular complexity index is 999. The number of carbonyl (C=O) groups excluding carboxylic acids is 1. The minimum atomic E-state index is -3.95. The Balaban J connectivity index is 2.18. The number of likely N-dealkylation sites (N-methyl/N-ethyl adjacent to an activating group) is 1. The maximum Gasteiger partial charge on any atom is 0.243 e. The molecule has 0 fully saturated rings. The van der Waals surface area contributed by atoms with Crippen LogP contribution in [0.25, 0.3) is 0 Å². The maximum atomic E-state index is 12.7. The molecule has 1 N–H and O–H groups in total. The number of hydrogen-bond donors (Lipinski definition) is 1. The van der Waals surface area contributed by atoms with E-state index < -0.39 is 22.5 Å². The summed E-state index contributed by atoms with van der Waals surface area (Å²) in [5.74, 6) is 0.0342. The van der Waals surface area contributed by atoms with Crippen LogP contribution in [-0.4, -0.2) is 46.4 Å². The van der Waals surface area contributed by atoms with Gasteiger partial charge >= 0.3 is 0 Å². The molecule has 1 amide bonds. The molecule has 0 bridgehead atoms. The Morgan fingerprint density at radius 3 is 2.21 bits per heavy atom. The number of methoxy groups -OCH3 is 2. The lowest BCUT2D eigenvalue weighted by molar-refractivity contribution is -0.116. The molecule has 7 nitrogen and oxygen atoms in total. The Hall–Kier alpha value is -1.71. The van der Waals surface area contributed by atoms with Crippen LogP contribution in [0.1, 0.15) is 0 Å². The SMILES string of the molecule is COc1ccc(S(=O)(=O)N(C)CC(=O)Nc2cc(Cl)c(Cl)cc2Cl)cc1OC. The van der Waals surface area contributed by atoms with Crippen LogP contribution >= 0.6 is 34.8 Å². The van der Waals surface area contributed by atoms with Gasteiger partial charge in [-0.2, -0.15) is 4.31 Å². The summed E-state index contributed by atoms with van der Waals surface area (Å²) in [5, 5.41) is 3.12. The van der Waals surface area contributed by atoms with Crippen LogP contribution in [0.2, 0.25) is 15.1 Å². The lowest BCUT2D eigenvalue weighted by atomic mass is 10.3. The van der Waals surface area contributed by atoms with Crippen molar-refractivity contribution in [3.63, 3.8) is 0 Å². The first kappa shape index (κ1) is 22.6. The second-order valence-electron chi connectivity index (χ2n) is 5.57. The molecule has 0 aliphatic heterocycles. The minimum Gasteiger partial charge on any atom is -0.493 e. The van der Waals surface area contributed by atoms with E-state index >= 15 is 0 Å². The third-order valence-corrected chi connectivity index (χ3v) is 6.55. The third kappa shape index (κ3) is 5.01. The van der Waals surface area contributed by atoms with Crippen molar-refractivity contribution in [2.24, 2.45) is 0 Å². The van der Waals surface area contributed by atoms with Gasteiger partial charge in [-0.05, 0) is 24.3 Å². The zero-order chi connectivity index (χ0) is 21.1. The number of anilines is 1. The molecule has 2 rings (SSSR count). The van der Waals surface area contributed by atoms with Crippen LogP contribution in [0.3, 0.4) is 0 Å². The first-order valence-electron chi connectivity index (χ1n) is 7.73. The fraction of sp³-hybridized carbons (Fsp3) is 0.235. The second kappa shape index (κ2) is 9.19. The van der Waals surface area contributed by atoms with Gasteiger partial charge in [-0.1, -0.05) is 34.8 Å². The normalized spacial score (nSPS) is 11.4. The summed E-state index contributed by atoms with van der Waals surface area (Å²) in [4.78, 5) is 12.2. The van der Waals surface area contributed by atoms with Gasteiger partial charge < -0.3 is 14.8 Å². The van der Waals surface area contributed by atoms with Crippen molar-refractivity contribution in [2.75, 3.05) is 33.1 Å². The Kier molecular flexibility index (Phi) is 7.41. The zero-order valence-electron chi connectivity index (χ0n) is 15.1. The van der Waals surface area contributed by atoms with E-state index in [1.54, 1.807) is 0 Å². The molecule has 0 saturated heterocycles. The lowest BCUT2D eigenvalue weighted by Gasteiger charge is -2.18. The summed E-state index contributed by atoms with van der Waals surface area (Å²) >= 11 is 17.8. The molecule has 11 heteroatoms. The average Bonchev–Trinajstić information content (AvgIpc) is 2.65. The van der Waals surface area contributed by atoms with Crippen molar-refractivity contribution in [1.29, 1.82) is 0 Å². The van der Waals surface area contributed by atoms with E-state index in [0.29, 0.717) is 5.75 Å². The van der Waals surface area contributed by atoms with Crippen LogP contribution in [0.4, 0.5) is 5.69 Å². The van der Waals surface area contributed by atoms with Crippen LogP contribution in [0.15, 0.2) is 35.2 Å². The van der Waals surface area contributed by atoms with E-state index in [9.17, 15) is 13.2 Å². The number of sulfonamides is 1. The molecule has 0 unspecified atom stereocenters. The number of hydrogen-bond acceptors (Lipinski definition) is 5. The van der Waals surface area contributed by atoms with Gasteiger partial charge in [-0.3, -0.25) is 4.79 Å². The molecule has 0 radical (unpaired) electrons. The van der Waals surface area contributed by atoms with Crippen molar-refractivity contribution in [1.82, 2.24) is 4.31 Å². The summed E-state index contributed by atoms with van der Waals surface area (Å²) in [5.41, 5.74) is 0.220. The van der Waals surface area contributed by atoms with Crippen molar-refractivity contribution in [3.8, 4) is 11.5 Å². The van der Waals surface area contributed by atoms with E-state index in [1.165, 1.54) is 51.6 Å². The zero-order valence-corrected chi connectivity index (χ0v) is 18.2. The molecule has 0 atom stereocenters. The van der Waals surface area contributed by atoms with Gasteiger partial charge in [0.1, 0.15) is 0 Å². The summed E-state index contributed by atoms with van der Waals surface area (Å²) in [6, 6.07) is 6.91. The van der Waals surface area contributed by atoms with Crippen LogP contribution < -0.4 is 14.8 Å². The standard InChI is InChI=1S/C17H17Cl3N2O5S/c1-22(9-17(23)21-14-8-12(19)11(18)7-13(14)20)28(24,25)10-4-5-15(26-2)16(6-10)27-3/h4-8H,9H2,1-3H3,(H,21,23). The van der Waals surface area contributed by atoms with Gasteiger partial charge in [0.2, 0.25) is 15.9 Å². The first-order valence-corrected chi connectivity index (χ1v) is 10.3. The molecule has 0 heterocycles. The minimum absolute atomic E-state index is 0.0481. The maximum absolute atomic E-state index is 12.7. The molecule has 2 aromatic carbocycles. The van der Waals surface area contributed by atoms with E-state index in [1.807, 2.05) is 0 Å². The van der Waals surface area contributed by atoms with Crippen LogP contribution in [0, 0.1) is 0 Å². The number of ether oxygens (including phenoxy) is 2. The molecule has 0 spiro atoms. The predicted molar refractivity (Wildman–Crippen MR) is 109 cm³/mol. The van der Waals surface area contributed by atoms with Crippen LogP contribution in [-0.2, 0) is 14.8 Å². The summed E-state index contributed by atoms with van der Waals surface area (Å²) in [6.07, 6.45) is 0. The highest BCUT2D eigenvalue weighted by Crippen LogP contribution is 2.33. The summed E-state index contributed by atoms with van der Waals surface area (Å²) in [6.45, 7) is -0.451. The van der Waals surface area contributed by atoms with Gasteiger partial charge in [0.25, 0.3) is 0 Å². The van der Waals surface area contributed by atoms with Gasteiger partial charge in [0.15, 0.2) is 11.5 Å². The Morgan fingerprint density at radius 2 is 1.61 bits per heavy atom. The highest BCUT2D eigenvalue weighted by Gasteiger charge is 2.25. The van der Waals surface area contributed by atoms with Gasteiger partial charge in [0, 0.05) is 13.1 Å². The number of amides is 1. The van der Waals surface area contributed by atoms with E-state index in [4.69, 9.17) is 44.3 Å². The Morgan fingerprint density at radius 1 is 1.00 bits per heavy atom. The summed E-state index contributed by atoms with van der Waals surface area (Å²) in [7, 11) is 0.164. The van der Waals surface area contributed by atoms with Crippen molar-refractivity contribution >= 4 is 56.4 Å². The highest BCUT2D eigenvalue weighted by atomic mass is 35.5. The van der Waals surface area contributed by atoms with E-state index in [0.717, 1.165) is 4.31 Å². The van der Waals surface area contributed by atoms with E-state index in [-0.39, 0.29) is 31.4 Å². The van der Waals surface area contributed by atoms with Crippen molar-refractivity contribution in [2.45, 2.75) is 4.90 Å². The van der Waals surface area contributed by atoms with Crippen molar-refractivity contribution in [3.05, 3.63) is 45.4 Å². The fourth-order valence-corrected chi connectivity index (χ4v) is 3.99. The molecule has 152 valence electrons. The number of carbonyl (C=O) groups is 1. The van der Waals surface area contributed by atoms with Gasteiger partial charge in [-0.25, -0.2) is 8.42 Å². The highest BCUT2D eigenvalue weighted by molar-refractivity contribution is 7.89. The van der Waals surface area contributed by atoms with Crippen LogP contribution in [0.5, 0.6) is 11.5 Å². The monoisotopic (exact) mass is 466 g/mol. The number of nitrogens with one attached hydrogen (secondary N) is 1. The Labute approximate surface area is 178 Å². The summed E-state index contributed by atoms with van der Waals surface area (Å²) < 4.78 is 36.6. The van der Waals surface area contributed by atoms with E-state index in [2.05, 4.69) is 5.32 Å². The van der Waals surface area contributed by atoms with Crippen molar-refractivity contribution < 1.29 is 22.7 Å². The first-order chi connectivity index (χ1) is 13.1. The second-order valence-corrected chi connectivity index (χ2v) is 8.84. The molecule has 0 aromatic heterocycles. The number of halogens is 3. The molecule has 0 aliphatic carbocycles. The molecule has 28 heavy (non-hydrogen) atoms. The number of benzene rings is 2. The van der Waals surface area contributed by atoms with Gasteiger partial charge in [0.05, 0.1) is 46.4 Å². The molecule has 2 aromatic rings. The molecule has 0 saturated carbocycles. The molecular formula is C17H17Cl3N2O5S. The molecule has 0 aliphatic rings. The average molecular weight is 468 g/mol. The quantitative estimate of drug-likeness (QED) is 0.624. The predicted octanol–water partition coefficient (Wildman–Crippen LogP) is 3.92. The number of nitrogens with zero attached hydrogens (tertiary/aromatic N) is 1.